The first-order chi connectivity index (χ1) is 14.2. The normalized spacial score (nSPS) is 14.1. The van der Waals surface area contributed by atoms with Crippen molar-refractivity contribution in [3.63, 3.8) is 0 Å². The molecule has 1 heterocycles. The molecule has 0 aliphatic heterocycles. The van der Waals surface area contributed by atoms with Gasteiger partial charge in [-0.1, -0.05) is 54.9 Å². The van der Waals surface area contributed by atoms with Crippen molar-refractivity contribution in [3.05, 3.63) is 54.6 Å². The van der Waals surface area contributed by atoms with E-state index in [2.05, 4.69) is 10.3 Å². The smallest absolute Gasteiger partial charge is 0.230 e. The Kier molecular flexibility index (Phi) is 6.20. The molecule has 4 rings (SSSR count). The first-order valence-corrected chi connectivity index (χ1v) is 10.9. The van der Waals surface area contributed by atoms with Crippen LogP contribution in [0.15, 0.2) is 59.6 Å². The number of hydrogen-bond acceptors (Lipinski definition) is 4. The number of carbonyl (C=O) groups is 1. The largest absolute Gasteiger partial charge is 0.497 e. The molecule has 5 nitrogen and oxygen atoms in total. The summed E-state index contributed by atoms with van der Waals surface area (Å²) in [6, 6.07) is 18.2. The second-order valence-electron chi connectivity index (χ2n) is 7.20. The molecule has 1 amide bonds. The second kappa shape index (κ2) is 9.18. The molecule has 6 heteroatoms. The van der Waals surface area contributed by atoms with E-state index in [1.165, 1.54) is 24.6 Å². The van der Waals surface area contributed by atoms with Crippen LogP contribution in [0.1, 0.15) is 25.7 Å². The molecular weight excluding hydrogens is 382 g/mol. The third kappa shape index (κ3) is 4.82. The third-order valence-corrected chi connectivity index (χ3v) is 6.13. The van der Waals surface area contributed by atoms with Crippen LogP contribution < -0.4 is 10.1 Å². The SMILES string of the molecule is COc1ccc(-c2nc(SCC(=O)NC3CCCC3)c(-c3ccccc3)[nH]2)cc1. The molecular formula is C23H25N3O2S. The zero-order chi connectivity index (χ0) is 20.1. The van der Waals surface area contributed by atoms with Crippen molar-refractivity contribution in [1.82, 2.24) is 15.3 Å². The van der Waals surface area contributed by atoms with E-state index in [1.54, 1.807) is 7.11 Å². The molecule has 1 fully saturated rings. The number of aromatic amines is 1. The fourth-order valence-corrected chi connectivity index (χ4v) is 4.44. The van der Waals surface area contributed by atoms with E-state index in [-0.39, 0.29) is 5.91 Å². The summed E-state index contributed by atoms with van der Waals surface area (Å²) in [6.45, 7) is 0. The molecule has 1 aliphatic carbocycles. The quantitative estimate of drug-likeness (QED) is 0.547. The van der Waals surface area contributed by atoms with E-state index in [1.807, 2.05) is 54.6 Å². The van der Waals surface area contributed by atoms with Crippen LogP contribution in [-0.4, -0.2) is 34.8 Å². The molecule has 1 aromatic heterocycles. The number of amides is 1. The van der Waals surface area contributed by atoms with Gasteiger partial charge in [0.1, 0.15) is 16.6 Å². The zero-order valence-corrected chi connectivity index (χ0v) is 17.3. The predicted octanol–water partition coefficient (Wildman–Crippen LogP) is 4.90. The Bertz CT molecular complexity index is 948. The molecule has 0 bridgehead atoms. The molecule has 29 heavy (non-hydrogen) atoms. The van der Waals surface area contributed by atoms with Crippen molar-refractivity contribution in [1.29, 1.82) is 0 Å². The van der Waals surface area contributed by atoms with E-state index in [0.29, 0.717) is 11.8 Å². The van der Waals surface area contributed by atoms with Gasteiger partial charge in [-0.15, -0.1) is 0 Å². The molecule has 0 spiro atoms. The van der Waals surface area contributed by atoms with Gasteiger partial charge < -0.3 is 15.0 Å². The van der Waals surface area contributed by atoms with Crippen molar-refractivity contribution in [2.75, 3.05) is 12.9 Å². The highest BCUT2D eigenvalue weighted by Gasteiger charge is 2.19. The van der Waals surface area contributed by atoms with Crippen LogP contribution in [0.25, 0.3) is 22.6 Å². The number of thioether (sulfide) groups is 1. The Morgan fingerprint density at radius 2 is 1.83 bits per heavy atom. The minimum atomic E-state index is 0.0786. The lowest BCUT2D eigenvalue weighted by Gasteiger charge is -2.11. The van der Waals surface area contributed by atoms with Crippen LogP contribution in [0.3, 0.4) is 0 Å². The lowest BCUT2D eigenvalue weighted by Crippen LogP contribution is -2.33. The van der Waals surface area contributed by atoms with Crippen molar-refractivity contribution in [2.45, 2.75) is 36.8 Å². The van der Waals surface area contributed by atoms with E-state index in [0.717, 1.165) is 46.3 Å². The average Bonchev–Trinajstić information content (AvgIpc) is 3.43. The summed E-state index contributed by atoms with van der Waals surface area (Å²) in [5.74, 6) is 2.03. The molecule has 3 aromatic rings. The highest BCUT2D eigenvalue weighted by atomic mass is 32.2. The Hall–Kier alpha value is -2.73. The van der Waals surface area contributed by atoms with Crippen molar-refractivity contribution in [3.8, 4) is 28.4 Å². The molecule has 0 saturated heterocycles. The Morgan fingerprint density at radius 1 is 1.10 bits per heavy atom. The Labute approximate surface area is 175 Å². The van der Waals surface area contributed by atoms with Crippen LogP contribution in [0.5, 0.6) is 5.75 Å². The molecule has 150 valence electrons. The van der Waals surface area contributed by atoms with Gasteiger partial charge in [-0.05, 0) is 37.1 Å². The maximum atomic E-state index is 12.4. The number of rotatable bonds is 7. The van der Waals surface area contributed by atoms with Crippen molar-refractivity contribution in [2.24, 2.45) is 0 Å². The summed E-state index contributed by atoms with van der Waals surface area (Å²) >= 11 is 1.48. The van der Waals surface area contributed by atoms with Gasteiger partial charge in [-0.2, -0.15) is 0 Å². The van der Waals surface area contributed by atoms with Gasteiger partial charge in [0.05, 0.1) is 18.6 Å². The fourth-order valence-electron chi connectivity index (χ4n) is 3.62. The van der Waals surface area contributed by atoms with Crippen LogP contribution >= 0.6 is 11.8 Å². The second-order valence-corrected chi connectivity index (χ2v) is 8.16. The van der Waals surface area contributed by atoms with Gasteiger partial charge in [-0.3, -0.25) is 4.79 Å². The van der Waals surface area contributed by atoms with Crippen molar-refractivity contribution < 1.29 is 9.53 Å². The van der Waals surface area contributed by atoms with Crippen molar-refractivity contribution >= 4 is 17.7 Å². The molecule has 0 atom stereocenters. The highest BCUT2D eigenvalue weighted by Crippen LogP contribution is 2.33. The Balaban J connectivity index is 1.55. The first kappa shape index (κ1) is 19.6. The minimum Gasteiger partial charge on any atom is -0.497 e. The topological polar surface area (TPSA) is 67.0 Å². The number of aromatic nitrogens is 2. The number of ether oxygens (including phenoxy) is 1. The van der Waals surface area contributed by atoms with E-state index >= 15 is 0 Å². The molecule has 0 radical (unpaired) electrons. The van der Waals surface area contributed by atoms with Gasteiger partial charge >= 0.3 is 0 Å². The van der Waals surface area contributed by atoms with Gasteiger partial charge in [0.15, 0.2) is 0 Å². The summed E-state index contributed by atoms with van der Waals surface area (Å²) < 4.78 is 5.24. The maximum absolute atomic E-state index is 12.4. The number of imidazole rings is 1. The third-order valence-electron chi connectivity index (χ3n) is 5.16. The number of H-pyrrole nitrogens is 1. The number of hydrogen-bond donors (Lipinski definition) is 2. The van der Waals surface area contributed by atoms with Crippen LogP contribution in [0, 0.1) is 0 Å². The number of methoxy groups -OCH3 is 1. The molecule has 1 saturated carbocycles. The minimum absolute atomic E-state index is 0.0786. The van der Waals surface area contributed by atoms with Gasteiger partial charge in [0, 0.05) is 17.2 Å². The average molecular weight is 408 g/mol. The van der Waals surface area contributed by atoms with Crippen LogP contribution in [0.2, 0.25) is 0 Å². The highest BCUT2D eigenvalue weighted by molar-refractivity contribution is 8.00. The van der Waals surface area contributed by atoms with Gasteiger partial charge in [0.2, 0.25) is 5.91 Å². The monoisotopic (exact) mass is 407 g/mol. The number of nitrogens with zero attached hydrogens (tertiary/aromatic N) is 1. The summed E-state index contributed by atoms with van der Waals surface area (Å²) in [6.07, 6.45) is 4.60. The molecule has 2 N–H and O–H groups in total. The predicted molar refractivity (Wildman–Crippen MR) is 117 cm³/mol. The number of carbonyl (C=O) groups excluding carboxylic acids is 1. The van der Waals surface area contributed by atoms with Crippen LogP contribution in [0.4, 0.5) is 0 Å². The van der Waals surface area contributed by atoms with E-state index in [9.17, 15) is 4.79 Å². The standard InChI is InChI=1S/C23H25N3O2S/c1-28-19-13-11-17(12-14-19)22-25-21(16-7-3-2-4-8-16)23(26-22)29-15-20(27)24-18-9-5-6-10-18/h2-4,7-8,11-14,18H,5-6,9-10,15H2,1H3,(H,24,27)(H,25,26). The molecule has 1 aliphatic rings. The van der Waals surface area contributed by atoms with Crippen LogP contribution in [-0.2, 0) is 4.79 Å². The molecule has 0 unspecified atom stereocenters. The van der Waals surface area contributed by atoms with E-state index < -0.39 is 0 Å². The lowest BCUT2D eigenvalue weighted by atomic mass is 10.2. The summed E-state index contributed by atoms with van der Waals surface area (Å²) in [4.78, 5) is 20.6. The van der Waals surface area contributed by atoms with E-state index in [4.69, 9.17) is 9.72 Å². The maximum Gasteiger partial charge on any atom is 0.230 e. The fraction of sp³-hybridized carbons (Fsp3) is 0.304. The first-order valence-electron chi connectivity index (χ1n) is 9.95. The summed E-state index contributed by atoms with van der Waals surface area (Å²) in [5, 5.41) is 3.98. The van der Waals surface area contributed by atoms with Gasteiger partial charge in [0.25, 0.3) is 0 Å². The number of nitrogens with one attached hydrogen (secondary N) is 2. The zero-order valence-electron chi connectivity index (χ0n) is 16.5. The summed E-state index contributed by atoms with van der Waals surface area (Å²) in [7, 11) is 1.65. The summed E-state index contributed by atoms with van der Waals surface area (Å²) in [5.41, 5.74) is 2.97. The number of benzene rings is 2. The lowest BCUT2D eigenvalue weighted by molar-refractivity contribution is -0.119. The Morgan fingerprint density at radius 3 is 2.52 bits per heavy atom. The molecule has 2 aromatic carbocycles. The van der Waals surface area contributed by atoms with Gasteiger partial charge in [-0.25, -0.2) is 4.98 Å².